The molecule has 0 aromatic carbocycles. The van der Waals surface area contributed by atoms with Gasteiger partial charge in [0, 0.05) is 12.2 Å². The van der Waals surface area contributed by atoms with Gasteiger partial charge in [0.2, 0.25) is 0 Å². The molecule has 18 heavy (non-hydrogen) atoms. The molecule has 1 heterocycles. The van der Waals surface area contributed by atoms with Crippen LogP contribution in [0.4, 0.5) is 19.0 Å². The number of anilines is 1. The molecule has 0 aliphatic carbocycles. The third-order valence-corrected chi connectivity index (χ3v) is 2.34. The minimum Gasteiger partial charge on any atom is -0.384 e. The van der Waals surface area contributed by atoms with Crippen molar-refractivity contribution in [3.63, 3.8) is 0 Å². The Labute approximate surface area is 106 Å². The van der Waals surface area contributed by atoms with Crippen LogP contribution in [-0.2, 0) is 0 Å². The summed E-state index contributed by atoms with van der Waals surface area (Å²) in [4.78, 5) is 15.3. The molecular weight excluding hydrogens is 271 g/mol. The van der Waals surface area contributed by atoms with Gasteiger partial charge < -0.3 is 11.1 Å². The minimum absolute atomic E-state index is 0.00167. The van der Waals surface area contributed by atoms with E-state index in [9.17, 15) is 18.0 Å². The molecule has 1 aromatic rings. The predicted octanol–water partition coefficient (Wildman–Crippen LogP) is 2.39. The molecule has 0 saturated carbocycles. The van der Waals surface area contributed by atoms with E-state index in [1.807, 2.05) is 0 Å². The number of alkyl halides is 3. The fraction of sp³-hybridized carbons (Fsp3) is 0.400. The van der Waals surface area contributed by atoms with Crippen molar-refractivity contribution in [2.24, 2.45) is 0 Å². The minimum atomic E-state index is -4.34. The Hall–Kier alpha value is -1.50. The van der Waals surface area contributed by atoms with E-state index in [0.29, 0.717) is 0 Å². The number of nitrogens with zero attached hydrogens (tertiary/aromatic N) is 1. The maximum Gasteiger partial charge on any atom is 0.391 e. The first-order valence-corrected chi connectivity index (χ1v) is 5.35. The molecule has 1 atom stereocenters. The number of hydrogen-bond acceptors (Lipinski definition) is 3. The highest BCUT2D eigenvalue weighted by Gasteiger charge is 2.30. The lowest BCUT2D eigenvalue weighted by Crippen LogP contribution is -2.36. The smallest absolute Gasteiger partial charge is 0.384 e. The van der Waals surface area contributed by atoms with Crippen molar-refractivity contribution >= 4 is 23.3 Å². The van der Waals surface area contributed by atoms with Crippen LogP contribution in [0.3, 0.4) is 0 Å². The number of rotatable bonds is 3. The Balaban J connectivity index is 2.74. The molecular formula is C10H11ClF3N3O. The number of amides is 1. The molecule has 1 amide bonds. The number of aromatic nitrogens is 1. The van der Waals surface area contributed by atoms with Gasteiger partial charge in [0.05, 0.1) is 17.0 Å². The van der Waals surface area contributed by atoms with E-state index in [1.54, 1.807) is 0 Å². The van der Waals surface area contributed by atoms with Crippen molar-refractivity contribution in [1.29, 1.82) is 0 Å². The number of nitrogens with one attached hydrogen (secondary N) is 1. The van der Waals surface area contributed by atoms with Crippen molar-refractivity contribution in [1.82, 2.24) is 10.3 Å². The summed E-state index contributed by atoms with van der Waals surface area (Å²) in [6, 6.07) is 0.154. The number of nitrogens with two attached hydrogens (primary N) is 1. The number of halogens is 4. The number of pyridine rings is 1. The van der Waals surface area contributed by atoms with Gasteiger partial charge in [-0.1, -0.05) is 11.6 Å². The van der Waals surface area contributed by atoms with Crippen LogP contribution in [0, 0.1) is 0 Å². The predicted molar refractivity (Wildman–Crippen MR) is 61.3 cm³/mol. The lowest BCUT2D eigenvalue weighted by atomic mass is 10.2. The van der Waals surface area contributed by atoms with E-state index in [4.69, 9.17) is 17.3 Å². The van der Waals surface area contributed by atoms with Crippen molar-refractivity contribution in [3.8, 4) is 0 Å². The average molecular weight is 282 g/mol. The van der Waals surface area contributed by atoms with Gasteiger partial charge in [-0.05, 0) is 13.0 Å². The Morgan fingerprint density at radius 2 is 2.22 bits per heavy atom. The lowest BCUT2D eigenvalue weighted by molar-refractivity contribution is -0.138. The van der Waals surface area contributed by atoms with Gasteiger partial charge >= 0.3 is 6.18 Å². The molecule has 0 aliphatic rings. The molecule has 1 rings (SSSR count). The molecule has 8 heteroatoms. The molecule has 0 aliphatic heterocycles. The van der Waals surface area contributed by atoms with Crippen LogP contribution in [0.1, 0.15) is 23.7 Å². The molecule has 0 radical (unpaired) electrons. The van der Waals surface area contributed by atoms with Crippen LogP contribution >= 0.6 is 11.6 Å². The van der Waals surface area contributed by atoms with Gasteiger partial charge in [-0.2, -0.15) is 13.2 Å². The second-order valence-electron chi connectivity index (χ2n) is 3.78. The number of nitrogen functional groups attached to an aromatic ring is 1. The van der Waals surface area contributed by atoms with E-state index < -0.39 is 24.5 Å². The number of carbonyl (C=O) groups is 1. The molecule has 0 spiro atoms. The molecule has 1 unspecified atom stereocenters. The molecule has 1 aromatic heterocycles. The molecule has 0 bridgehead atoms. The molecule has 100 valence electrons. The summed E-state index contributed by atoms with van der Waals surface area (Å²) in [6.07, 6.45) is -4.29. The van der Waals surface area contributed by atoms with Crippen molar-refractivity contribution < 1.29 is 18.0 Å². The molecule has 0 saturated heterocycles. The van der Waals surface area contributed by atoms with E-state index in [0.717, 1.165) is 0 Å². The third-order valence-electron chi connectivity index (χ3n) is 2.04. The van der Waals surface area contributed by atoms with Crippen LogP contribution in [0.5, 0.6) is 0 Å². The molecule has 4 nitrogen and oxygen atoms in total. The highest BCUT2D eigenvalue weighted by molar-refractivity contribution is 6.33. The summed E-state index contributed by atoms with van der Waals surface area (Å²) in [7, 11) is 0. The van der Waals surface area contributed by atoms with Gasteiger partial charge in [0.25, 0.3) is 5.91 Å². The largest absolute Gasteiger partial charge is 0.391 e. The van der Waals surface area contributed by atoms with Gasteiger partial charge in [0.15, 0.2) is 0 Å². The van der Waals surface area contributed by atoms with Crippen LogP contribution in [0.25, 0.3) is 0 Å². The summed E-state index contributed by atoms with van der Waals surface area (Å²) >= 11 is 5.71. The highest BCUT2D eigenvalue weighted by atomic mass is 35.5. The Kier molecular flexibility index (Phi) is 4.39. The SMILES string of the molecule is CC(CC(F)(F)F)NC(=O)c1cc(N)ncc1Cl. The van der Waals surface area contributed by atoms with Gasteiger partial charge in [-0.15, -0.1) is 0 Å². The van der Waals surface area contributed by atoms with Crippen LogP contribution in [-0.4, -0.2) is 23.1 Å². The van der Waals surface area contributed by atoms with Crippen molar-refractivity contribution in [2.75, 3.05) is 5.73 Å². The van der Waals surface area contributed by atoms with E-state index >= 15 is 0 Å². The van der Waals surface area contributed by atoms with Gasteiger partial charge in [-0.3, -0.25) is 4.79 Å². The van der Waals surface area contributed by atoms with Crippen LogP contribution in [0.15, 0.2) is 12.3 Å². The first-order chi connectivity index (χ1) is 8.19. The standard InChI is InChI=1S/C10H11ClF3N3O/c1-5(3-10(12,13)14)17-9(18)6-2-8(15)16-4-7(6)11/h2,4-5H,3H2,1H3,(H2,15,16)(H,17,18). The zero-order valence-electron chi connectivity index (χ0n) is 9.38. The van der Waals surface area contributed by atoms with Gasteiger partial charge in [-0.25, -0.2) is 4.98 Å². The third kappa shape index (κ3) is 4.40. The summed E-state index contributed by atoms with van der Waals surface area (Å²) < 4.78 is 36.3. The zero-order valence-corrected chi connectivity index (χ0v) is 10.1. The second kappa shape index (κ2) is 5.43. The summed E-state index contributed by atoms with van der Waals surface area (Å²) in [6.45, 7) is 1.25. The van der Waals surface area contributed by atoms with Gasteiger partial charge in [0.1, 0.15) is 5.82 Å². The fourth-order valence-electron chi connectivity index (χ4n) is 1.33. The first kappa shape index (κ1) is 14.6. The number of carbonyl (C=O) groups excluding carboxylic acids is 1. The average Bonchev–Trinajstić information content (AvgIpc) is 2.18. The molecule has 3 N–H and O–H groups in total. The summed E-state index contributed by atoms with van der Waals surface area (Å²) in [5, 5.41) is 2.22. The highest BCUT2D eigenvalue weighted by Crippen LogP contribution is 2.22. The monoisotopic (exact) mass is 281 g/mol. The Bertz CT molecular complexity index is 450. The zero-order chi connectivity index (χ0) is 13.9. The first-order valence-electron chi connectivity index (χ1n) is 4.97. The van der Waals surface area contributed by atoms with Crippen molar-refractivity contribution in [3.05, 3.63) is 22.8 Å². The van der Waals surface area contributed by atoms with E-state index in [1.165, 1.54) is 19.2 Å². The summed E-state index contributed by atoms with van der Waals surface area (Å²) in [5.74, 6) is -0.654. The normalized spacial score (nSPS) is 13.2. The lowest BCUT2D eigenvalue weighted by Gasteiger charge is -2.16. The second-order valence-corrected chi connectivity index (χ2v) is 4.19. The van der Waals surface area contributed by atoms with E-state index in [2.05, 4.69) is 10.3 Å². The van der Waals surface area contributed by atoms with Crippen molar-refractivity contribution in [2.45, 2.75) is 25.6 Å². The fourth-order valence-corrected chi connectivity index (χ4v) is 1.52. The molecule has 0 fully saturated rings. The quantitative estimate of drug-likeness (QED) is 0.894. The number of hydrogen-bond donors (Lipinski definition) is 2. The van der Waals surface area contributed by atoms with E-state index in [-0.39, 0.29) is 16.4 Å². The Morgan fingerprint density at radius 1 is 1.61 bits per heavy atom. The summed E-state index contributed by atoms with van der Waals surface area (Å²) in [5.41, 5.74) is 5.37. The van der Waals surface area contributed by atoms with Crippen LogP contribution < -0.4 is 11.1 Å². The maximum absolute atomic E-state index is 12.1. The Morgan fingerprint density at radius 3 is 2.78 bits per heavy atom. The van der Waals surface area contributed by atoms with Crippen LogP contribution in [0.2, 0.25) is 5.02 Å². The maximum atomic E-state index is 12.1. The topological polar surface area (TPSA) is 68.0 Å².